The van der Waals surface area contributed by atoms with Crippen LogP contribution < -0.4 is 15.6 Å². The molecule has 0 saturated heterocycles. The number of aromatic amines is 1. The van der Waals surface area contributed by atoms with E-state index in [1.165, 1.54) is 0 Å². The molecule has 0 spiro atoms. The lowest BCUT2D eigenvalue weighted by atomic mass is 10.0. The van der Waals surface area contributed by atoms with Gasteiger partial charge in [-0.3, -0.25) is 4.79 Å². The van der Waals surface area contributed by atoms with Crippen LogP contribution in [0.3, 0.4) is 0 Å². The van der Waals surface area contributed by atoms with E-state index in [0.29, 0.717) is 30.2 Å². The molecule has 3 aromatic rings. The van der Waals surface area contributed by atoms with Gasteiger partial charge in [0.25, 0.3) is 5.56 Å². The number of hydrogen-bond acceptors (Lipinski definition) is 4. The van der Waals surface area contributed by atoms with Crippen LogP contribution in [-0.2, 0) is 6.54 Å². The number of thiocarbonyl (C=S) groups is 1. The third kappa shape index (κ3) is 4.98. The molecule has 1 heterocycles. The van der Waals surface area contributed by atoms with Gasteiger partial charge in [-0.15, -0.1) is 0 Å². The lowest BCUT2D eigenvalue weighted by molar-refractivity contribution is 0.266. The summed E-state index contributed by atoms with van der Waals surface area (Å²) in [5.41, 5.74) is 4.41. The number of aryl methyl sites for hydroxylation is 2. The molecule has 2 aromatic carbocycles. The normalized spacial score (nSPS) is 10.8. The monoisotopic (exact) mass is 425 g/mol. The van der Waals surface area contributed by atoms with E-state index in [1.54, 1.807) is 7.11 Å². The molecular weight excluding hydrogens is 398 g/mol. The number of aromatic nitrogens is 1. The van der Waals surface area contributed by atoms with E-state index >= 15 is 0 Å². The molecule has 6 nitrogen and oxygen atoms in total. The lowest BCUT2D eigenvalue weighted by Crippen LogP contribution is -2.37. The first kappa shape index (κ1) is 21.8. The fraction of sp³-hybridized carbons (Fsp3) is 0.304. The number of H-pyrrole nitrogens is 1. The molecule has 0 aliphatic heterocycles. The molecule has 0 bridgehead atoms. The molecule has 1 aromatic heterocycles. The summed E-state index contributed by atoms with van der Waals surface area (Å²) in [5, 5.41) is 14.0. The number of anilines is 1. The summed E-state index contributed by atoms with van der Waals surface area (Å²) in [4.78, 5) is 17.7. The number of fused-ring (bicyclic) bond motifs is 1. The third-order valence-electron chi connectivity index (χ3n) is 5.20. The maximum Gasteiger partial charge on any atom is 0.253 e. The highest BCUT2D eigenvalue weighted by atomic mass is 32.1. The number of ether oxygens (including phenoxy) is 1. The molecule has 3 N–H and O–H groups in total. The average Bonchev–Trinajstić information content (AvgIpc) is 2.75. The van der Waals surface area contributed by atoms with Gasteiger partial charge < -0.3 is 25.0 Å². The van der Waals surface area contributed by atoms with Crippen LogP contribution >= 0.6 is 12.2 Å². The van der Waals surface area contributed by atoms with Crippen LogP contribution in [0.1, 0.15) is 23.1 Å². The summed E-state index contributed by atoms with van der Waals surface area (Å²) in [5.74, 6) is 0.761. The van der Waals surface area contributed by atoms with E-state index in [4.69, 9.17) is 17.0 Å². The summed E-state index contributed by atoms with van der Waals surface area (Å²) in [6.45, 7) is 4.97. The molecule has 7 heteroatoms. The van der Waals surface area contributed by atoms with Crippen molar-refractivity contribution < 1.29 is 9.84 Å². The van der Waals surface area contributed by atoms with Crippen molar-refractivity contribution >= 4 is 33.9 Å². The van der Waals surface area contributed by atoms with Gasteiger partial charge >= 0.3 is 0 Å². The van der Waals surface area contributed by atoms with Crippen molar-refractivity contribution in [2.45, 2.75) is 26.8 Å². The van der Waals surface area contributed by atoms with Gasteiger partial charge in [0.2, 0.25) is 0 Å². The Bertz CT molecular complexity index is 1090. The molecule has 3 rings (SSSR count). The Morgan fingerprint density at radius 1 is 1.20 bits per heavy atom. The van der Waals surface area contributed by atoms with Gasteiger partial charge in [-0.05, 0) is 79.3 Å². The Labute approximate surface area is 181 Å². The van der Waals surface area contributed by atoms with Crippen LogP contribution in [0.2, 0.25) is 0 Å². The van der Waals surface area contributed by atoms with Gasteiger partial charge in [-0.25, -0.2) is 0 Å². The zero-order valence-corrected chi connectivity index (χ0v) is 18.3. The Hall–Kier alpha value is -2.90. The van der Waals surface area contributed by atoms with E-state index < -0.39 is 0 Å². The van der Waals surface area contributed by atoms with Gasteiger partial charge in [0, 0.05) is 24.4 Å². The zero-order chi connectivity index (χ0) is 21.7. The van der Waals surface area contributed by atoms with Crippen molar-refractivity contribution in [3.63, 3.8) is 0 Å². The van der Waals surface area contributed by atoms with E-state index in [1.807, 2.05) is 55.1 Å². The number of rotatable bonds is 7. The smallest absolute Gasteiger partial charge is 0.253 e. The number of aliphatic hydroxyl groups excluding tert-OH is 1. The van der Waals surface area contributed by atoms with Gasteiger partial charge in [0.05, 0.1) is 19.2 Å². The summed E-state index contributed by atoms with van der Waals surface area (Å²) < 4.78 is 5.18. The molecule has 158 valence electrons. The van der Waals surface area contributed by atoms with E-state index in [0.717, 1.165) is 33.5 Å². The standard InChI is InChI=1S/C23H27N3O3S/c1-15-5-6-17-13-18(22(28)25-21(17)16(15)2)14-26(11-4-12-27)23(30)24-19-7-9-20(29-3)10-8-19/h5-10,13,27H,4,11-12,14H2,1-3H3,(H,24,30)(H,25,28). The molecule has 0 fully saturated rings. The van der Waals surface area contributed by atoms with E-state index in [-0.39, 0.29) is 12.2 Å². The summed E-state index contributed by atoms with van der Waals surface area (Å²) in [7, 11) is 1.62. The van der Waals surface area contributed by atoms with Crippen LogP contribution in [0.25, 0.3) is 10.9 Å². The van der Waals surface area contributed by atoms with Crippen molar-refractivity contribution in [2.24, 2.45) is 0 Å². The van der Waals surface area contributed by atoms with Gasteiger partial charge in [-0.2, -0.15) is 0 Å². The Morgan fingerprint density at radius 2 is 1.93 bits per heavy atom. The van der Waals surface area contributed by atoms with Crippen LogP contribution in [0, 0.1) is 13.8 Å². The first-order valence-electron chi connectivity index (χ1n) is 9.86. The second-order valence-corrected chi connectivity index (χ2v) is 7.64. The average molecular weight is 426 g/mol. The topological polar surface area (TPSA) is 77.6 Å². The largest absolute Gasteiger partial charge is 0.497 e. The van der Waals surface area contributed by atoms with Crippen LogP contribution in [0.15, 0.2) is 47.3 Å². The highest BCUT2D eigenvalue weighted by Crippen LogP contribution is 2.20. The molecule has 0 aliphatic carbocycles. The molecule has 0 unspecified atom stereocenters. The predicted octanol–water partition coefficient (Wildman–Crippen LogP) is 3.73. The van der Waals surface area contributed by atoms with E-state index in [9.17, 15) is 9.90 Å². The second kappa shape index (κ2) is 9.73. The van der Waals surface area contributed by atoms with E-state index in [2.05, 4.69) is 16.4 Å². The highest BCUT2D eigenvalue weighted by Gasteiger charge is 2.14. The quantitative estimate of drug-likeness (QED) is 0.501. The number of aliphatic hydroxyl groups is 1. The number of hydrogen-bond donors (Lipinski definition) is 3. The Kier molecular flexibility index (Phi) is 7.07. The van der Waals surface area contributed by atoms with Crippen LogP contribution in [0.4, 0.5) is 5.69 Å². The summed E-state index contributed by atoms with van der Waals surface area (Å²) in [6, 6.07) is 13.4. The fourth-order valence-corrected chi connectivity index (χ4v) is 3.56. The molecule has 30 heavy (non-hydrogen) atoms. The Balaban J connectivity index is 1.84. The van der Waals surface area contributed by atoms with Crippen molar-refractivity contribution in [1.82, 2.24) is 9.88 Å². The minimum atomic E-state index is -0.127. The maximum atomic E-state index is 12.7. The third-order valence-corrected chi connectivity index (χ3v) is 5.56. The Morgan fingerprint density at radius 3 is 2.60 bits per heavy atom. The fourth-order valence-electron chi connectivity index (χ4n) is 3.28. The number of methoxy groups -OCH3 is 1. The van der Waals surface area contributed by atoms with Gasteiger partial charge in [0.15, 0.2) is 5.11 Å². The zero-order valence-electron chi connectivity index (χ0n) is 17.5. The molecule has 0 saturated carbocycles. The summed E-state index contributed by atoms with van der Waals surface area (Å²) in [6.07, 6.45) is 0.550. The first-order chi connectivity index (χ1) is 14.4. The van der Waals surface area contributed by atoms with Gasteiger partial charge in [-0.1, -0.05) is 12.1 Å². The van der Waals surface area contributed by atoms with Crippen LogP contribution in [0.5, 0.6) is 5.75 Å². The minimum absolute atomic E-state index is 0.0498. The molecular formula is C23H27N3O3S. The first-order valence-corrected chi connectivity index (χ1v) is 10.3. The number of nitrogens with zero attached hydrogens (tertiary/aromatic N) is 1. The molecule has 0 radical (unpaired) electrons. The minimum Gasteiger partial charge on any atom is -0.497 e. The van der Waals surface area contributed by atoms with Crippen molar-refractivity contribution in [2.75, 3.05) is 25.6 Å². The van der Waals surface area contributed by atoms with Gasteiger partial charge in [0.1, 0.15) is 5.75 Å². The lowest BCUT2D eigenvalue weighted by Gasteiger charge is -2.26. The SMILES string of the molecule is COc1ccc(NC(=S)N(CCCO)Cc2cc3ccc(C)c(C)c3[nH]c2=O)cc1. The number of benzene rings is 2. The molecule has 0 amide bonds. The number of nitrogens with one attached hydrogen (secondary N) is 2. The molecule has 0 aliphatic rings. The van der Waals surface area contributed by atoms with Crippen molar-refractivity contribution in [1.29, 1.82) is 0 Å². The predicted molar refractivity (Wildman–Crippen MR) is 125 cm³/mol. The van der Waals surface area contributed by atoms with Crippen LogP contribution in [-0.4, -0.2) is 40.4 Å². The maximum absolute atomic E-state index is 12.7. The second-order valence-electron chi connectivity index (χ2n) is 7.25. The highest BCUT2D eigenvalue weighted by molar-refractivity contribution is 7.80. The summed E-state index contributed by atoms with van der Waals surface area (Å²) >= 11 is 5.60. The van der Waals surface area contributed by atoms with Crippen molar-refractivity contribution in [3.8, 4) is 5.75 Å². The molecule has 0 atom stereocenters. The van der Waals surface area contributed by atoms with Crippen molar-refractivity contribution in [3.05, 3.63) is 69.5 Å². The number of pyridine rings is 1.